The third-order valence-corrected chi connectivity index (χ3v) is 8.20. The topological polar surface area (TPSA) is 47.6 Å². The van der Waals surface area contributed by atoms with Crippen LogP contribution in [0.2, 0.25) is 0 Å². The fourth-order valence-electron chi connectivity index (χ4n) is 4.10. The number of thioether (sulfide) groups is 1. The summed E-state index contributed by atoms with van der Waals surface area (Å²) in [5.41, 5.74) is 4.01. The van der Waals surface area contributed by atoms with Crippen molar-refractivity contribution in [2.45, 2.75) is 38.6 Å². The Balaban J connectivity index is 1.79. The Morgan fingerprint density at radius 1 is 1.46 bits per heavy atom. The number of rotatable bonds is 3. The lowest BCUT2D eigenvalue weighted by Gasteiger charge is -2.33. The first-order valence-corrected chi connectivity index (χ1v) is 10.9. The molecule has 4 rings (SSSR count). The largest absolute Gasteiger partial charge is 0.386 e. The van der Waals surface area contributed by atoms with Gasteiger partial charge in [-0.3, -0.25) is 9.69 Å². The van der Waals surface area contributed by atoms with Crippen molar-refractivity contribution in [2.24, 2.45) is 0 Å². The molecular weight excluding hydrogens is 364 g/mol. The van der Waals surface area contributed by atoms with Crippen molar-refractivity contribution >= 4 is 34.0 Å². The van der Waals surface area contributed by atoms with E-state index in [2.05, 4.69) is 53.6 Å². The molecule has 2 atom stereocenters. The number of likely N-dealkylation sites (N-methyl/N-ethyl adjacent to an activating group) is 2. The zero-order valence-corrected chi connectivity index (χ0v) is 17.4. The lowest BCUT2D eigenvalue weighted by Crippen LogP contribution is -2.33. The Bertz CT molecular complexity index is 798. The summed E-state index contributed by atoms with van der Waals surface area (Å²) in [5.74, 6) is 0.00742. The molecule has 0 aromatic carbocycles. The van der Waals surface area contributed by atoms with Gasteiger partial charge in [-0.2, -0.15) is 0 Å². The number of nitrogens with zero attached hydrogens (tertiary/aromatic N) is 2. The zero-order chi connectivity index (χ0) is 18.4. The average molecular weight is 391 g/mol. The highest BCUT2D eigenvalue weighted by molar-refractivity contribution is 8.03. The second-order valence-corrected chi connectivity index (χ2v) is 9.18. The fourth-order valence-corrected chi connectivity index (χ4v) is 6.98. The molecule has 140 valence electrons. The molecule has 1 aromatic rings. The summed E-state index contributed by atoms with van der Waals surface area (Å²) in [6.07, 6.45) is 5.43. The van der Waals surface area contributed by atoms with Crippen molar-refractivity contribution < 1.29 is 4.79 Å². The van der Waals surface area contributed by atoms with E-state index < -0.39 is 0 Å². The number of nitrogens with one attached hydrogen (secondary N) is 2. The highest BCUT2D eigenvalue weighted by Gasteiger charge is 2.39. The number of hydrogen-bond acceptors (Lipinski definition) is 6. The van der Waals surface area contributed by atoms with Gasteiger partial charge in [-0.25, -0.2) is 0 Å². The Labute approximate surface area is 163 Å². The molecular formula is C19H26N4OS2. The number of amides is 1. The number of carbonyl (C=O) groups excluding carboxylic acids is 1. The minimum Gasteiger partial charge on any atom is -0.386 e. The number of thiophene rings is 1. The SMILES string of the molecule is CCN1CCc2c(sc(NC(C)=O)c2C2SC3=CCNC=C3N2C)C1C. The van der Waals surface area contributed by atoms with E-state index in [0.29, 0.717) is 6.04 Å². The first-order valence-electron chi connectivity index (χ1n) is 9.22. The van der Waals surface area contributed by atoms with Crippen LogP contribution < -0.4 is 10.6 Å². The summed E-state index contributed by atoms with van der Waals surface area (Å²) in [6, 6.07) is 0.411. The number of carbonyl (C=O) groups is 1. The molecule has 0 spiro atoms. The first kappa shape index (κ1) is 17.9. The van der Waals surface area contributed by atoms with Crippen molar-refractivity contribution in [2.75, 3.05) is 32.0 Å². The number of fused-ring (bicyclic) bond motifs is 2. The summed E-state index contributed by atoms with van der Waals surface area (Å²) >= 11 is 3.67. The monoisotopic (exact) mass is 390 g/mol. The number of dihydropyridines is 1. The van der Waals surface area contributed by atoms with Crippen LogP contribution >= 0.6 is 23.1 Å². The van der Waals surface area contributed by atoms with Gasteiger partial charge in [0.05, 0.1) is 5.70 Å². The normalized spacial score (nSPS) is 25.2. The lowest BCUT2D eigenvalue weighted by molar-refractivity contribution is -0.114. The van der Waals surface area contributed by atoms with Gasteiger partial charge in [0.1, 0.15) is 10.4 Å². The predicted octanol–water partition coefficient (Wildman–Crippen LogP) is 3.65. The fraction of sp³-hybridized carbons (Fsp3) is 0.526. The van der Waals surface area contributed by atoms with Crippen LogP contribution in [-0.2, 0) is 11.2 Å². The molecule has 0 saturated carbocycles. The maximum atomic E-state index is 11.9. The average Bonchev–Trinajstić information content (AvgIpc) is 3.13. The van der Waals surface area contributed by atoms with E-state index in [1.807, 2.05) is 11.8 Å². The van der Waals surface area contributed by atoms with Gasteiger partial charge >= 0.3 is 0 Å². The molecule has 1 amide bonds. The standard InChI is InChI=1S/C19H26N4OS2/c1-5-23-9-7-13-16(18(21-12(3)24)26-17(13)11(23)2)19-22(4)14-10-20-8-6-15(14)25-19/h6,10-11,19-20H,5,7-9H2,1-4H3,(H,21,24). The maximum Gasteiger partial charge on any atom is 0.221 e. The summed E-state index contributed by atoms with van der Waals surface area (Å²) < 4.78 is 0. The van der Waals surface area contributed by atoms with Crippen LogP contribution in [-0.4, -0.2) is 42.4 Å². The first-order chi connectivity index (χ1) is 12.5. The Hall–Kier alpha value is -1.44. The summed E-state index contributed by atoms with van der Waals surface area (Å²) in [6.45, 7) is 9.15. The smallest absolute Gasteiger partial charge is 0.221 e. The highest BCUT2D eigenvalue weighted by Crippen LogP contribution is 2.56. The zero-order valence-electron chi connectivity index (χ0n) is 15.8. The molecule has 1 fully saturated rings. The van der Waals surface area contributed by atoms with Gasteiger partial charge in [0.2, 0.25) is 5.91 Å². The van der Waals surface area contributed by atoms with Crippen molar-refractivity contribution in [3.8, 4) is 0 Å². The molecule has 0 bridgehead atoms. The second-order valence-electron chi connectivity index (χ2n) is 7.01. The summed E-state index contributed by atoms with van der Waals surface area (Å²) in [4.78, 5) is 19.5. The summed E-state index contributed by atoms with van der Waals surface area (Å²) in [7, 11) is 2.16. The van der Waals surface area contributed by atoms with E-state index >= 15 is 0 Å². The molecule has 1 saturated heterocycles. The van der Waals surface area contributed by atoms with Gasteiger partial charge in [-0.05, 0) is 31.5 Å². The van der Waals surface area contributed by atoms with Gasteiger partial charge in [0, 0.05) is 54.6 Å². The summed E-state index contributed by atoms with van der Waals surface area (Å²) in [5, 5.41) is 7.69. The Kier molecular flexibility index (Phi) is 4.79. The van der Waals surface area contributed by atoms with Gasteiger partial charge in [0.25, 0.3) is 0 Å². The molecule has 2 unspecified atom stereocenters. The molecule has 3 aliphatic heterocycles. The van der Waals surface area contributed by atoms with Crippen molar-refractivity contribution in [3.05, 3.63) is 38.9 Å². The van der Waals surface area contributed by atoms with Gasteiger partial charge < -0.3 is 15.5 Å². The predicted molar refractivity (Wildman–Crippen MR) is 110 cm³/mol. The molecule has 1 aromatic heterocycles. The van der Waals surface area contributed by atoms with E-state index in [4.69, 9.17) is 0 Å². The van der Waals surface area contributed by atoms with Crippen LogP contribution in [0, 0.1) is 0 Å². The van der Waals surface area contributed by atoms with E-state index in [-0.39, 0.29) is 11.3 Å². The van der Waals surface area contributed by atoms with Crippen LogP contribution in [0.3, 0.4) is 0 Å². The Morgan fingerprint density at radius 3 is 2.96 bits per heavy atom. The van der Waals surface area contributed by atoms with Crippen LogP contribution in [0.4, 0.5) is 5.00 Å². The molecule has 4 heterocycles. The molecule has 0 aliphatic carbocycles. The van der Waals surface area contributed by atoms with Crippen LogP contribution in [0.15, 0.2) is 22.9 Å². The van der Waals surface area contributed by atoms with Gasteiger partial charge in [0.15, 0.2) is 0 Å². The lowest BCUT2D eigenvalue weighted by atomic mass is 9.97. The van der Waals surface area contributed by atoms with E-state index in [1.54, 1.807) is 18.3 Å². The minimum atomic E-state index is 0.00742. The molecule has 7 heteroatoms. The van der Waals surface area contributed by atoms with Crippen molar-refractivity contribution in [3.63, 3.8) is 0 Å². The van der Waals surface area contributed by atoms with Crippen molar-refractivity contribution in [1.82, 2.24) is 15.1 Å². The van der Waals surface area contributed by atoms with Crippen molar-refractivity contribution in [1.29, 1.82) is 0 Å². The van der Waals surface area contributed by atoms with E-state index in [1.165, 1.54) is 26.6 Å². The Morgan fingerprint density at radius 2 is 2.27 bits per heavy atom. The minimum absolute atomic E-state index is 0.00742. The molecule has 5 nitrogen and oxygen atoms in total. The maximum absolute atomic E-state index is 11.9. The third-order valence-electron chi connectivity index (χ3n) is 5.46. The van der Waals surface area contributed by atoms with Gasteiger partial charge in [-0.15, -0.1) is 11.3 Å². The van der Waals surface area contributed by atoms with E-state index in [9.17, 15) is 4.79 Å². The quantitative estimate of drug-likeness (QED) is 0.825. The van der Waals surface area contributed by atoms with Gasteiger partial charge in [-0.1, -0.05) is 18.7 Å². The molecule has 26 heavy (non-hydrogen) atoms. The molecule has 0 radical (unpaired) electrons. The van der Waals surface area contributed by atoms with Crippen LogP contribution in [0.25, 0.3) is 0 Å². The highest BCUT2D eigenvalue weighted by atomic mass is 32.2. The third kappa shape index (κ3) is 2.86. The number of anilines is 1. The molecule has 3 aliphatic rings. The van der Waals surface area contributed by atoms with Crippen LogP contribution in [0.5, 0.6) is 0 Å². The number of hydrogen-bond donors (Lipinski definition) is 2. The van der Waals surface area contributed by atoms with Crippen LogP contribution in [0.1, 0.15) is 48.2 Å². The second kappa shape index (κ2) is 6.94. The van der Waals surface area contributed by atoms with E-state index in [0.717, 1.165) is 31.1 Å². The molecule has 2 N–H and O–H groups in total.